The van der Waals surface area contributed by atoms with Gasteiger partial charge in [-0.25, -0.2) is 4.98 Å². The lowest BCUT2D eigenvalue weighted by molar-refractivity contribution is 0.572. The van der Waals surface area contributed by atoms with Gasteiger partial charge in [0.25, 0.3) is 0 Å². The minimum absolute atomic E-state index is 0.732. The van der Waals surface area contributed by atoms with Gasteiger partial charge in [-0.1, -0.05) is 6.92 Å². The summed E-state index contributed by atoms with van der Waals surface area (Å²) in [5, 5.41) is 5.27. The van der Waals surface area contributed by atoms with Crippen molar-refractivity contribution in [3.05, 3.63) is 29.0 Å². The lowest BCUT2D eigenvalue weighted by atomic mass is 10.3. The summed E-state index contributed by atoms with van der Waals surface area (Å²) in [6.45, 7) is 5.86. The largest absolute Gasteiger partial charge is 0.444 e. The standard InChI is InChI=1S/C11H14N2OS/c1-3-12-6-9-7-14-11(13-9)10-8(2)4-5-15-10/h4-5,7,12H,3,6H2,1-2H3. The fourth-order valence-corrected chi connectivity index (χ4v) is 2.19. The van der Waals surface area contributed by atoms with E-state index >= 15 is 0 Å². The van der Waals surface area contributed by atoms with Crippen LogP contribution in [0.2, 0.25) is 0 Å². The zero-order valence-corrected chi connectivity index (χ0v) is 9.73. The van der Waals surface area contributed by atoms with E-state index in [9.17, 15) is 0 Å². The molecular weight excluding hydrogens is 208 g/mol. The van der Waals surface area contributed by atoms with Gasteiger partial charge in [-0.05, 0) is 30.5 Å². The Labute approximate surface area is 93.2 Å². The zero-order chi connectivity index (χ0) is 10.7. The van der Waals surface area contributed by atoms with Crippen molar-refractivity contribution in [3.63, 3.8) is 0 Å². The summed E-state index contributed by atoms with van der Waals surface area (Å²) in [5.74, 6) is 0.732. The molecule has 15 heavy (non-hydrogen) atoms. The van der Waals surface area contributed by atoms with Crippen LogP contribution in [0.5, 0.6) is 0 Å². The Bertz CT molecular complexity index is 433. The molecular formula is C11H14N2OS. The molecule has 0 amide bonds. The first-order valence-corrected chi connectivity index (χ1v) is 5.88. The van der Waals surface area contributed by atoms with Gasteiger partial charge in [0.15, 0.2) is 0 Å². The van der Waals surface area contributed by atoms with Crippen LogP contribution in [0.3, 0.4) is 0 Å². The van der Waals surface area contributed by atoms with Gasteiger partial charge in [-0.2, -0.15) is 0 Å². The van der Waals surface area contributed by atoms with Crippen LogP contribution in [0.25, 0.3) is 10.8 Å². The van der Waals surface area contributed by atoms with E-state index in [2.05, 4.69) is 35.6 Å². The average Bonchev–Trinajstić information content (AvgIpc) is 2.83. The van der Waals surface area contributed by atoms with Gasteiger partial charge < -0.3 is 9.73 Å². The molecule has 0 radical (unpaired) electrons. The monoisotopic (exact) mass is 222 g/mol. The highest BCUT2D eigenvalue weighted by Crippen LogP contribution is 2.27. The number of nitrogens with zero attached hydrogens (tertiary/aromatic N) is 1. The number of hydrogen-bond acceptors (Lipinski definition) is 4. The highest BCUT2D eigenvalue weighted by molar-refractivity contribution is 7.13. The van der Waals surface area contributed by atoms with Crippen molar-refractivity contribution in [2.45, 2.75) is 20.4 Å². The molecule has 0 aliphatic rings. The summed E-state index contributed by atoms with van der Waals surface area (Å²) in [4.78, 5) is 5.56. The van der Waals surface area contributed by atoms with Gasteiger partial charge in [0.2, 0.25) is 5.89 Å². The van der Waals surface area contributed by atoms with Crippen molar-refractivity contribution in [3.8, 4) is 10.8 Å². The molecule has 0 aliphatic carbocycles. The number of nitrogens with one attached hydrogen (secondary N) is 1. The van der Waals surface area contributed by atoms with E-state index in [4.69, 9.17) is 4.42 Å². The number of oxazole rings is 1. The molecule has 0 bridgehead atoms. The highest BCUT2D eigenvalue weighted by Gasteiger charge is 2.09. The fourth-order valence-electron chi connectivity index (χ4n) is 1.34. The number of rotatable bonds is 4. The summed E-state index contributed by atoms with van der Waals surface area (Å²) >= 11 is 1.66. The maximum Gasteiger partial charge on any atom is 0.236 e. The summed E-state index contributed by atoms with van der Waals surface area (Å²) in [6, 6.07) is 2.08. The molecule has 2 aromatic heterocycles. The average molecular weight is 222 g/mol. The molecule has 0 saturated heterocycles. The Morgan fingerprint density at radius 1 is 1.53 bits per heavy atom. The Morgan fingerprint density at radius 2 is 2.40 bits per heavy atom. The Hall–Kier alpha value is -1.13. The van der Waals surface area contributed by atoms with Crippen molar-refractivity contribution < 1.29 is 4.42 Å². The predicted octanol–water partition coefficient (Wildman–Crippen LogP) is 2.82. The molecule has 0 saturated carbocycles. The smallest absolute Gasteiger partial charge is 0.236 e. The van der Waals surface area contributed by atoms with Crippen LogP contribution < -0.4 is 5.32 Å². The molecule has 0 spiro atoms. The van der Waals surface area contributed by atoms with Gasteiger partial charge in [0.1, 0.15) is 6.26 Å². The molecule has 0 unspecified atom stereocenters. The van der Waals surface area contributed by atoms with E-state index in [0.29, 0.717) is 0 Å². The van der Waals surface area contributed by atoms with Crippen molar-refractivity contribution >= 4 is 11.3 Å². The quantitative estimate of drug-likeness (QED) is 0.864. The molecule has 3 nitrogen and oxygen atoms in total. The third kappa shape index (κ3) is 2.27. The van der Waals surface area contributed by atoms with Crippen molar-refractivity contribution in [1.82, 2.24) is 10.3 Å². The van der Waals surface area contributed by atoms with E-state index in [1.54, 1.807) is 17.6 Å². The van der Waals surface area contributed by atoms with Gasteiger partial charge in [-0.15, -0.1) is 11.3 Å². The van der Waals surface area contributed by atoms with Gasteiger partial charge in [0.05, 0.1) is 10.6 Å². The SMILES string of the molecule is CCNCc1coc(-c2sccc2C)n1. The third-order valence-corrected chi connectivity index (χ3v) is 3.17. The first-order chi connectivity index (χ1) is 7.31. The molecule has 0 fully saturated rings. The summed E-state index contributed by atoms with van der Waals surface area (Å²) in [5.41, 5.74) is 2.18. The normalized spacial score (nSPS) is 10.8. The summed E-state index contributed by atoms with van der Waals surface area (Å²) < 4.78 is 5.45. The second kappa shape index (κ2) is 4.59. The fraction of sp³-hybridized carbons (Fsp3) is 0.364. The van der Waals surface area contributed by atoms with E-state index in [-0.39, 0.29) is 0 Å². The van der Waals surface area contributed by atoms with Crippen LogP contribution in [0.1, 0.15) is 18.2 Å². The van der Waals surface area contributed by atoms with Gasteiger partial charge >= 0.3 is 0 Å². The van der Waals surface area contributed by atoms with E-state index < -0.39 is 0 Å². The van der Waals surface area contributed by atoms with Crippen LogP contribution in [-0.4, -0.2) is 11.5 Å². The summed E-state index contributed by atoms with van der Waals surface area (Å²) in [6.07, 6.45) is 1.72. The van der Waals surface area contributed by atoms with Crippen LogP contribution in [0.4, 0.5) is 0 Å². The molecule has 0 aliphatic heterocycles. The predicted molar refractivity (Wildman–Crippen MR) is 61.9 cm³/mol. The maximum absolute atomic E-state index is 5.45. The molecule has 2 heterocycles. The molecule has 4 heteroatoms. The van der Waals surface area contributed by atoms with Gasteiger partial charge in [0, 0.05) is 6.54 Å². The third-order valence-electron chi connectivity index (χ3n) is 2.16. The van der Waals surface area contributed by atoms with E-state index in [1.165, 1.54) is 5.56 Å². The Balaban J connectivity index is 2.17. The number of aromatic nitrogens is 1. The molecule has 0 atom stereocenters. The van der Waals surface area contributed by atoms with Crippen LogP contribution in [0, 0.1) is 6.92 Å². The van der Waals surface area contributed by atoms with Crippen LogP contribution >= 0.6 is 11.3 Å². The molecule has 0 aromatic carbocycles. The zero-order valence-electron chi connectivity index (χ0n) is 8.91. The first-order valence-electron chi connectivity index (χ1n) is 5.01. The van der Waals surface area contributed by atoms with E-state index in [1.807, 2.05) is 0 Å². The van der Waals surface area contributed by atoms with Crippen LogP contribution in [-0.2, 0) is 6.54 Å². The number of hydrogen-bond donors (Lipinski definition) is 1. The number of aryl methyl sites for hydroxylation is 1. The Morgan fingerprint density at radius 3 is 3.07 bits per heavy atom. The molecule has 1 N–H and O–H groups in total. The number of thiophene rings is 1. The Kier molecular flexibility index (Phi) is 3.18. The lowest BCUT2D eigenvalue weighted by Crippen LogP contribution is -2.11. The second-order valence-electron chi connectivity index (χ2n) is 3.36. The van der Waals surface area contributed by atoms with E-state index in [0.717, 1.165) is 29.6 Å². The van der Waals surface area contributed by atoms with Gasteiger partial charge in [-0.3, -0.25) is 0 Å². The first kappa shape index (κ1) is 10.4. The molecule has 80 valence electrons. The molecule has 2 aromatic rings. The lowest BCUT2D eigenvalue weighted by Gasteiger charge is -1.94. The minimum atomic E-state index is 0.732. The molecule has 2 rings (SSSR count). The topological polar surface area (TPSA) is 38.1 Å². The van der Waals surface area contributed by atoms with Crippen molar-refractivity contribution in [1.29, 1.82) is 0 Å². The van der Waals surface area contributed by atoms with Crippen molar-refractivity contribution in [2.24, 2.45) is 0 Å². The minimum Gasteiger partial charge on any atom is -0.444 e. The maximum atomic E-state index is 5.45. The highest BCUT2D eigenvalue weighted by atomic mass is 32.1. The van der Waals surface area contributed by atoms with Crippen LogP contribution in [0.15, 0.2) is 22.1 Å². The van der Waals surface area contributed by atoms with Crippen molar-refractivity contribution in [2.75, 3.05) is 6.54 Å². The second-order valence-corrected chi connectivity index (χ2v) is 4.27. The summed E-state index contributed by atoms with van der Waals surface area (Å²) in [7, 11) is 0.